The smallest absolute Gasteiger partial charge is 0.269 e. The second kappa shape index (κ2) is 9.93. The fourth-order valence-electron chi connectivity index (χ4n) is 3.41. The van der Waals surface area contributed by atoms with Gasteiger partial charge in [0.15, 0.2) is 0 Å². The lowest BCUT2D eigenvalue weighted by Gasteiger charge is -2.13. The summed E-state index contributed by atoms with van der Waals surface area (Å²) in [5.41, 5.74) is 1.92. The number of anilines is 1. The number of carbonyl (C=O) groups is 1. The van der Waals surface area contributed by atoms with Gasteiger partial charge < -0.3 is 14.8 Å². The highest BCUT2D eigenvalue weighted by molar-refractivity contribution is 6.09. The highest BCUT2D eigenvalue weighted by atomic mass is 16.5. The summed E-state index contributed by atoms with van der Waals surface area (Å²) in [5.74, 6) is 0.380. The van der Waals surface area contributed by atoms with E-state index in [1.165, 1.54) is 17.6 Å². The molecule has 0 spiro atoms. The fraction of sp³-hybridized carbons (Fsp3) is 0.111. The number of aryl methyl sites for hydroxylation is 1. The molecule has 8 nitrogen and oxygen atoms in total. The highest BCUT2D eigenvalue weighted by Gasteiger charge is 2.18. The molecule has 4 rings (SSSR count). The van der Waals surface area contributed by atoms with Crippen molar-refractivity contribution in [2.75, 3.05) is 12.4 Å². The van der Waals surface area contributed by atoms with E-state index in [-0.39, 0.29) is 17.0 Å². The zero-order chi connectivity index (χ0) is 24.9. The standard InChI is InChI=1S/C27H22N4O4/c1-17-8-6-11-23(18(17)2)35-26-22(27(33)31-13-5-4-12-24(31)30-26)14-19(16-28)25(32)29-20-9-7-10-21(15-20)34-3/h4-15H,1-3H3,(H,29,32)/b19-14-. The number of ether oxygens (including phenoxy) is 2. The number of nitrogens with one attached hydrogen (secondary N) is 1. The maximum Gasteiger partial charge on any atom is 0.269 e. The highest BCUT2D eigenvalue weighted by Crippen LogP contribution is 2.28. The van der Waals surface area contributed by atoms with Gasteiger partial charge in [0, 0.05) is 18.0 Å². The summed E-state index contributed by atoms with van der Waals surface area (Å²) < 4.78 is 12.6. The minimum absolute atomic E-state index is 0.00293. The van der Waals surface area contributed by atoms with Crippen LogP contribution in [-0.4, -0.2) is 22.4 Å². The number of hydrogen-bond donors (Lipinski definition) is 1. The number of nitriles is 1. The van der Waals surface area contributed by atoms with E-state index in [9.17, 15) is 14.9 Å². The molecule has 0 aliphatic heterocycles. The molecule has 2 heterocycles. The molecular formula is C27H22N4O4. The molecule has 174 valence electrons. The van der Waals surface area contributed by atoms with Crippen molar-refractivity contribution in [1.29, 1.82) is 5.26 Å². The quantitative estimate of drug-likeness (QED) is 0.327. The lowest BCUT2D eigenvalue weighted by Crippen LogP contribution is -2.20. The molecule has 1 N–H and O–H groups in total. The summed E-state index contributed by atoms with van der Waals surface area (Å²) in [6.45, 7) is 3.85. The van der Waals surface area contributed by atoms with Crippen molar-refractivity contribution in [1.82, 2.24) is 9.38 Å². The SMILES string of the molecule is COc1cccc(NC(=O)/C(C#N)=C\c2c(Oc3cccc(C)c3C)nc3ccccn3c2=O)c1. The van der Waals surface area contributed by atoms with Crippen LogP contribution in [-0.2, 0) is 4.79 Å². The Morgan fingerprint density at radius 1 is 1.11 bits per heavy atom. The molecule has 8 heteroatoms. The van der Waals surface area contributed by atoms with E-state index in [2.05, 4.69) is 10.3 Å². The first-order chi connectivity index (χ1) is 16.9. The molecule has 2 aromatic heterocycles. The largest absolute Gasteiger partial charge is 0.497 e. The van der Waals surface area contributed by atoms with Crippen LogP contribution >= 0.6 is 0 Å². The molecule has 0 bridgehead atoms. The monoisotopic (exact) mass is 466 g/mol. The Balaban J connectivity index is 1.81. The maximum atomic E-state index is 13.3. The van der Waals surface area contributed by atoms with E-state index < -0.39 is 11.5 Å². The van der Waals surface area contributed by atoms with Gasteiger partial charge in [0.1, 0.15) is 34.4 Å². The summed E-state index contributed by atoms with van der Waals surface area (Å²) in [6.07, 6.45) is 2.76. The van der Waals surface area contributed by atoms with Crippen molar-refractivity contribution in [3.8, 4) is 23.4 Å². The molecule has 0 saturated carbocycles. The summed E-state index contributed by atoms with van der Waals surface area (Å²) in [5, 5.41) is 12.4. The van der Waals surface area contributed by atoms with Crippen LogP contribution in [0.3, 0.4) is 0 Å². The Morgan fingerprint density at radius 3 is 2.69 bits per heavy atom. The van der Waals surface area contributed by atoms with Gasteiger partial charge in [-0.25, -0.2) is 0 Å². The van der Waals surface area contributed by atoms with Crippen LogP contribution in [0.15, 0.2) is 77.2 Å². The summed E-state index contributed by atoms with van der Waals surface area (Å²) in [6, 6.07) is 19.3. The number of rotatable bonds is 6. The number of amides is 1. The normalized spacial score (nSPS) is 11.1. The zero-order valence-corrected chi connectivity index (χ0v) is 19.4. The Morgan fingerprint density at radius 2 is 1.91 bits per heavy atom. The molecule has 0 aliphatic rings. The minimum Gasteiger partial charge on any atom is -0.497 e. The summed E-state index contributed by atoms with van der Waals surface area (Å²) in [4.78, 5) is 30.7. The second-order valence-electron chi connectivity index (χ2n) is 7.72. The van der Waals surface area contributed by atoms with E-state index in [1.54, 1.807) is 54.7 Å². The molecule has 0 aliphatic carbocycles. The molecule has 0 fully saturated rings. The lowest BCUT2D eigenvalue weighted by atomic mass is 10.1. The molecule has 1 amide bonds. The predicted molar refractivity (Wildman–Crippen MR) is 133 cm³/mol. The minimum atomic E-state index is -0.684. The molecule has 4 aromatic rings. The van der Waals surface area contributed by atoms with Gasteiger partial charge in [0.2, 0.25) is 5.88 Å². The second-order valence-corrected chi connectivity index (χ2v) is 7.72. The first kappa shape index (κ1) is 23.3. The topological polar surface area (TPSA) is 106 Å². The van der Waals surface area contributed by atoms with Crippen LogP contribution in [0.1, 0.15) is 16.7 Å². The van der Waals surface area contributed by atoms with Gasteiger partial charge in [-0.05, 0) is 61.4 Å². The first-order valence-electron chi connectivity index (χ1n) is 10.7. The molecule has 0 radical (unpaired) electrons. The van der Waals surface area contributed by atoms with Gasteiger partial charge in [0.25, 0.3) is 11.5 Å². The first-order valence-corrected chi connectivity index (χ1v) is 10.7. The predicted octanol–water partition coefficient (Wildman–Crippen LogP) is 4.66. The number of methoxy groups -OCH3 is 1. The van der Waals surface area contributed by atoms with Crippen molar-refractivity contribution >= 4 is 23.3 Å². The molecular weight excluding hydrogens is 444 g/mol. The van der Waals surface area contributed by atoms with E-state index in [0.717, 1.165) is 11.1 Å². The van der Waals surface area contributed by atoms with Crippen molar-refractivity contribution in [3.63, 3.8) is 0 Å². The van der Waals surface area contributed by atoms with E-state index in [1.807, 2.05) is 32.0 Å². The number of pyridine rings is 1. The van der Waals surface area contributed by atoms with Gasteiger partial charge >= 0.3 is 0 Å². The van der Waals surface area contributed by atoms with Crippen LogP contribution in [0.2, 0.25) is 0 Å². The summed E-state index contributed by atoms with van der Waals surface area (Å²) >= 11 is 0. The third-order valence-corrected chi connectivity index (χ3v) is 5.48. The molecule has 2 aromatic carbocycles. The maximum absolute atomic E-state index is 13.3. The molecule has 0 atom stereocenters. The number of carbonyl (C=O) groups excluding carboxylic acids is 1. The van der Waals surface area contributed by atoms with Crippen molar-refractivity contribution in [3.05, 3.63) is 99.5 Å². The van der Waals surface area contributed by atoms with Crippen LogP contribution < -0.4 is 20.3 Å². The van der Waals surface area contributed by atoms with Crippen LogP contribution in [0.4, 0.5) is 5.69 Å². The fourth-order valence-corrected chi connectivity index (χ4v) is 3.41. The van der Waals surface area contributed by atoms with Gasteiger partial charge in [-0.15, -0.1) is 0 Å². The number of nitrogens with zero attached hydrogens (tertiary/aromatic N) is 3. The van der Waals surface area contributed by atoms with Crippen molar-refractivity contribution in [2.45, 2.75) is 13.8 Å². The van der Waals surface area contributed by atoms with Crippen LogP contribution in [0.25, 0.3) is 11.7 Å². The number of benzene rings is 2. The van der Waals surface area contributed by atoms with Gasteiger partial charge in [-0.3, -0.25) is 14.0 Å². The molecule has 0 unspecified atom stereocenters. The zero-order valence-electron chi connectivity index (χ0n) is 19.4. The van der Waals surface area contributed by atoms with Gasteiger partial charge in [0.05, 0.1) is 7.11 Å². The van der Waals surface area contributed by atoms with Gasteiger partial charge in [-0.1, -0.05) is 24.3 Å². The lowest BCUT2D eigenvalue weighted by molar-refractivity contribution is -0.112. The Labute approximate surface area is 201 Å². The average Bonchev–Trinajstić information content (AvgIpc) is 2.86. The summed E-state index contributed by atoms with van der Waals surface area (Å²) in [7, 11) is 1.51. The molecule has 0 saturated heterocycles. The number of hydrogen-bond acceptors (Lipinski definition) is 6. The van der Waals surface area contributed by atoms with E-state index >= 15 is 0 Å². The third kappa shape index (κ3) is 4.89. The molecule has 35 heavy (non-hydrogen) atoms. The van der Waals surface area contributed by atoms with Crippen molar-refractivity contribution < 1.29 is 14.3 Å². The van der Waals surface area contributed by atoms with E-state index in [0.29, 0.717) is 22.8 Å². The third-order valence-electron chi connectivity index (χ3n) is 5.48. The van der Waals surface area contributed by atoms with E-state index in [4.69, 9.17) is 9.47 Å². The Kier molecular flexibility index (Phi) is 6.60. The number of aromatic nitrogens is 2. The average molecular weight is 466 g/mol. The number of fused-ring (bicyclic) bond motifs is 1. The van der Waals surface area contributed by atoms with Gasteiger partial charge in [-0.2, -0.15) is 10.2 Å². The Hall–Kier alpha value is -4.90. The van der Waals surface area contributed by atoms with Crippen LogP contribution in [0, 0.1) is 25.2 Å². The Bertz CT molecular complexity index is 1560. The van der Waals surface area contributed by atoms with Crippen molar-refractivity contribution in [2.24, 2.45) is 0 Å². The van der Waals surface area contributed by atoms with Crippen LogP contribution in [0.5, 0.6) is 17.4 Å².